The van der Waals surface area contributed by atoms with Crippen LogP contribution in [0.3, 0.4) is 0 Å². The Kier molecular flexibility index (Phi) is 5.39. The fraction of sp³-hybridized carbons (Fsp3) is 0.400. The van der Waals surface area contributed by atoms with E-state index >= 15 is 0 Å². The van der Waals surface area contributed by atoms with Crippen LogP contribution in [0.15, 0.2) is 30.6 Å². The van der Waals surface area contributed by atoms with E-state index in [-0.39, 0.29) is 12.6 Å². The Bertz CT molecular complexity index is 1130. The zero-order valence-electron chi connectivity index (χ0n) is 16.8. The molecule has 0 atom stereocenters. The summed E-state index contributed by atoms with van der Waals surface area (Å²) >= 11 is 0. The van der Waals surface area contributed by atoms with Crippen LogP contribution in [0.2, 0.25) is 0 Å². The Morgan fingerprint density at radius 3 is 2.86 bits per heavy atom. The smallest absolute Gasteiger partial charge is 0.241 e. The minimum absolute atomic E-state index is 0.196. The normalized spacial score (nSPS) is 11.8. The van der Waals surface area contributed by atoms with Crippen LogP contribution in [0.4, 0.5) is 10.3 Å². The average Bonchev–Trinajstić information content (AvgIpc) is 3.26. The summed E-state index contributed by atoms with van der Waals surface area (Å²) in [5.74, 6) is 1.29. The molecule has 0 aliphatic heterocycles. The van der Waals surface area contributed by atoms with Crippen molar-refractivity contribution in [2.75, 3.05) is 25.1 Å². The Hall–Kier alpha value is -3.07. The van der Waals surface area contributed by atoms with E-state index in [2.05, 4.69) is 20.4 Å². The third-order valence-electron chi connectivity index (χ3n) is 4.62. The van der Waals surface area contributed by atoms with Crippen LogP contribution in [0.1, 0.15) is 19.7 Å². The number of alkyl halides is 1. The number of halogens is 1. The van der Waals surface area contributed by atoms with Crippen LogP contribution >= 0.6 is 0 Å². The van der Waals surface area contributed by atoms with Gasteiger partial charge in [0.2, 0.25) is 5.95 Å². The van der Waals surface area contributed by atoms with Gasteiger partial charge in [0.05, 0.1) is 36.7 Å². The molecule has 1 N–H and O–H groups in total. The number of anilines is 1. The second kappa shape index (κ2) is 8.12. The summed E-state index contributed by atoms with van der Waals surface area (Å²) in [6.07, 6.45) is 3.84. The molecular weight excluding hydrogens is 373 g/mol. The first-order chi connectivity index (χ1) is 14.1. The number of ether oxygens (including phenoxy) is 1. The Morgan fingerprint density at radius 1 is 1.21 bits per heavy atom. The van der Waals surface area contributed by atoms with Crippen molar-refractivity contribution < 1.29 is 9.13 Å². The average molecular weight is 397 g/mol. The lowest BCUT2D eigenvalue weighted by Gasteiger charge is -2.08. The summed E-state index contributed by atoms with van der Waals surface area (Å²) in [5.41, 5.74) is 3.96. The Morgan fingerprint density at radius 2 is 2.07 bits per heavy atom. The lowest BCUT2D eigenvalue weighted by molar-refractivity contribution is 0.0869. The molecular formula is C20H24FN7O. The van der Waals surface area contributed by atoms with Crippen LogP contribution in [-0.2, 0) is 11.3 Å². The third-order valence-corrected chi connectivity index (χ3v) is 4.62. The summed E-state index contributed by atoms with van der Waals surface area (Å²) in [7, 11) is 0. The molecule has 4 aromatic heterocycles. The second-order valence-electron chi connectivity index (χ2n) is 7.03. The second-order valence-corrected chi connectivity index (χ2v) is 7.03. The number of nitrogens with zero attached hydrogens (tertiary/aromatic N) is 6. The summed E-state index contributed by atoms with van der Waals surface area (Å²) in [5, 5.41) is 7.65. The molecule has 9 heteroatoms. The van der Waals surface area contributed by atoms with E-state index in [1.165, 1.54) is 0 Å². The molecule has 0 aliphatic carbocycles. The van der Waals surface area contributed by atoms with Gasteiger partial charge in [-0.1, -0.05) is 0 Å². The highest BCUT2D eigenvalue weighted by Gasteiger charge is 2.13. The quantitative estimate of drug-likeness (QED) is 0.460. The molecule has 0 amide bonds. The third kappa shape index (κ3) is 3.91. The predicted octanol–water partition coefficient (Wildman–Crippen LogP) is 3.26. The summed E-state index contributed by atoms with van der Waals surface area (Å²) < 4.78 is 22.0. The minimum atomic E-state index is -0.459. The highest BCUT2D eigenvalue weighted by atomic mass is 19.1. The van der Waals surface area contributed by atoms with Crippen molar-refractivity contribution in [1.29, 1.82) is 0 Å². The SMILES string of the molecule is Cc1nc2ccc(-c3ccn4nc(NCCOC(C)C)ncc34)nc2n1CCF. The van der Waals surface area contributed by atoms with Gasteiger partial charge in [0, 0.05) is 18.3 Å². The molecule has 0 saturated heterocycles. The maximum absolute atomic E-state index is 12.9. The molecule has 152 valence electrons. The molecule has 0 saturated carbocycles. The van der Waals surface area contributed by atoms with Gasteiger partial charge in [-0.25, -0.2) is 23.9 Å². The molecule has 4 rings (SSSR count). The van der Waals surface area contributed by atoms with Crippen LogP contribution in [0.25, 0.3) is 27.9 Å². The molecule has 4 heterocycles. The summed E-state index contributed by atoms with van der Waals surface area (Å²) in [6, 6.07) is 5.78. The summed E-state index contributed by atoms with van der Waals surface area (Å²) in [4.78, 5) is 13.6. The molecule has 0 fully saturated rings. The molecule has 0 aromatic carbocycles. The number of imidazole rings is 1. The van der Waals surface area contributed by atoms with Gasteiger partial charge in [0.25, 0.3) is 0 Å². The van der Waals surface area contributed by atoms with E-state index in [1.807, 2.05) is 45.2 Å². The molecule has 4 aromatic rings. The van der Waals surface area contributed by atoms with E-state index in [9.17, 15) is 4.39 Å². The Balaban J connectivity index is 1.61. The molecule has 0 radical (unpaired) electrons. The maximum atomic E-state index is 12.9. The van der Waals surface area contributed by atoms with Crippen molar-refractivity contribution in [3.8, 4) is 11.3 Å². The van der Waals surface area contributed by atoms with E-state index in [1.54, 1.807) is 15.3 Å². The van der Waals surface area contributed by atoms with Crippen LogP contribution in [0, 0.1) is 6.92 Å². The lowest BCUT2D eigenvalue weighted by Crippen LogP contribution is -2.15. The number of nitrogens with one attached hydrogen (secondary N) is 1. The minimum Gasteiger partial charge on any atom is -0.377 e. The van der Waals surface area contributed by atoms with Gasteiger partial charge in [0.1, 0.15) is 18.0 Å². The number of pyridine rings is 1. The first-order valence-electron chi connectivity index (χ1n) is 9.67. The number of hydrogen-bond donors (Lipinski definition) is 1. The van der Waals surface area contributed by atoms with Crippen LogP contribution < -0.4 is 5.32 Å². The van der Waals surface area contributed by atoms with E-state index in [4.69, 9.17) is 9.72 Å². The van der Waals surface area contributed by atoms with Gasteiger partial charge in [-0.3, -0.25) is 0 Å². The topological polar surface area (TPSA) is 82.2 Å². The van der Waals surface area contributed by atoms with Crippen LogP contribution in [0.5, 0.6) is 0 Å². The number of aryl methyl sites for hydroxylation is 2. The molecule has 29 heavy (non-hydrogen) atoms. The maximum Gasteiger partial charge on any atom is 0.241 e. The fourth-order valence-electron chi connectivity index (χ4n) is 3.27. The van der Waals surface area contributed by atoms with Crippen molar-refractivity contribution in [1.82, 2.24) is 29.1 Å². The van der Waals surface area contributed by atoms with E-state index < -0.39 is 6.67 Å². The first-order valence-corrected chi connectivity index (χ1v) is 9.67. The number of fused-ring (bicyclic) bond motifs is 2. The van der Waals surface area contributed by atoms with Gasteiger partial charge in [-0.05, 0) is 39.0 Å². The molecule has 0 aliphatic rings. The van der Waals surface area contributed by atoms with E-state index in [0.29, 0.717) is 24.7 Å². The summed E-state index contributed by atoms with van der Waals surface area (Å²) in [6.45, 7) is 6.87. The zero-order chi connectivity index (χ0) is 20.4. The largest absolute Gasteiger partial charge is 0.377 e. The highest BCUT2D eigenvalue weighted by molar-refractivity contribution is 5.82. The van der Waals surface area contributed by atoms with E-state index in [0.717, 1.165) is 28.1 Å². The van der Waals surface area contributed by atoms with Gasteiger partial charge in [-0.15, -0.1) is 5.10 Å². The fourth-order valence-corrected chi connectivity index (χ4v) is 3.27. The molecule has 0 bridgehead atoms. The number of rotatable bonds is 8. The predicted molar refractivity (Wildman–Crippen MR) is 110 cm³/mol. The van der Waals surface area contributed by atoms with Crippen molar-refractivity contribution in [3.63, 3.8) is 0 Å². The molecule has 0 unspecified atom stereocenters. The van der Waals surface area contributed by atoms with Gasteiger partial charge in [-0.2, -0.15) is 0 Å². The monoisotopic (exact) mass is 397 g/mol. The van der Waals surface area contributed by atoms with Gasteiger partial charge < -0.3 is 14.6 Å². The standard InChI is InChI=1S/C20H24FN7O/c1-13(2)29-11-8-22-20-23-12-18-15(6-9-28(18)26-20)16-4-5-17-19(25-16)27(10-7-21)14(3)24-17/h4-6,9,12-13H,7-8,10-11H2,1-3H3,(H,22,26). The molecule has 0 spiro atoms. The van der Waals surface area contributed by atoms with Gasteiger partial charge in [0.15, 0.2) is 5.65 Å². The van der Waals surface area contributed by atoms with Crippen LogP contribution in [-0.4, -0.2) is 55.1 Å². The highest BCUT2D eigenvalue weighted by Crippen LogP contribution is 2.26. The van der Waals surface area contributed by atoms with Crippen molar-refractivity contribution in [2.45, 2.75) is 33.4 Å². The van der Waals surface area contributed by atoms with Crippen molar-refractivity contribution in [2.24, 2.45) is 0 Å². The number of hydrogen-bond acceptors (Lipinski definition) is 6. The lowest BCUT2D eigenvalue weighted by atomic mass is 10.2. The van der Waals surface area contributed by atoms with Crippen molar-refractivity contribution in [3.05, 3.63) is 36.4 Å². The van der Waals surface area contributed by atoms with Crippen molar-refractivity contribution >= 4 is 22.6 Å². The first kappa shape index (κ1) is 19.3. The molecule has 8 nitrogen and oxygen atoms in total. The number of aromatic nitrogens is 6. The van der Waals surface area contributed by atoms with Gasteiger partial charge >= 0.3 is 0 Å². The zero-order valence-corrected chi connectivity index (χ0v) is 16.8. The Labute approximate surface area is 167 Å².